The van der Waals surface area contributed by atoms with Crippen molar-refractivity contribution in [1.29, 1.82) is 0 Å². The zero-order valence-corrected chi connectivity index (χ0v) is 25.8. The summed E-state index contributed by atoms with van der Waals surface area (Å²) in [4.78, 5) is 19.4. The molecule has 2 aromatic carbocycles. The molecule has 0 bridgehead atoms. The van der Waals surface area contributed by atoms with Crippen molar-refractivity contribution in [3.8, 4) is 11.6 Å². The monoisotopic (exact) mass is 624 g/mol. The van der Waals surface area contributed by atoms with Crippen LogP contribution in [-0.4, -0.2) is 81.9 Å². The highest BCUT2D eigenvalue weighted by molar-refractivity contribution is 5.87. The average molecular weight is 625 g/mol. The van der Waals surface area contributed by atoms with Crippen molar-refractivity contribution in [2.45, 2.75) is 75.6 Å². The number of nitrogens with zero attached hydrogens (tertiary/aromatic N) is 7. The summed E-state index contributed by atoms with van der Waals surface area (Å²) in [6, 6.07) is 21.1. The Morgan fingerprint density at radius 1 is 0.957 bits per heavy atom. The number of aryl methyl sites for hydroxylation is 1. The van der Waals surface area contributed by atoms with E-state index >= 15 is 0 Å². The fraction of sp³-hybridized carbons (Fsp3) is 0.424. The quantitative estimate of drug-likeness (QED) is 0.154. The van der Waals surface area contributed by atoms with E-state index in [4.69, 9.17) is 25.4 Å². The molecule has 7 rings (SSSR count). The van der Waals surface area contributed by atoms with Gasteiger partial charge < -0.3 is 31.3 Å². The molecular weight excluding hydrogens is 584 g/mol. The molecule has 240 valence electrons. The summed E-state index contributed by atoms with van der Waals surface area (Å²) >= 11 is 0. The van der Waals surface area contributed by atoms with E-state index in [1.165, 1.54) is 11.1 Å². The maximum Gasteiger partial charge on any atom is 0.227 e. The normalized spacial score (nSPS) is 23.3. The fourth-order valence-electron chi connectivity index (χ4n) is 6.37. The Morgan fingerprint density at radius 3 is 2.26 bits per heavy atom. The fourth-order valence-corrected chi connectivity index (χ4v) is 6.37. The number of imidazole rings is 1. The van der Waals surface area contributed by atoms with Crippen molar-refractivity contribution in [1.82, 2.24) is 34.3 Å². The van der Waals surface area contributed by atoms with Crippen LogP contribution in [0, 0.1) is 0 Å². The van der Waals surface area contributed by atoms with Gasteiger partial charge in [0.2, 0.25) is 11.8 Å². The topological polar surface area (TPSA) is 174 Å². The van der Waals surface area contributed by atoms with Gasteiger partial charge in [-0.25, -0.2) is 9.97 Å². The van der Waals surface area contributed by atoms with Gasteiger partial charge in [0.25, 0.3) is 0 Å². The summed E-state index contributed by atoms with van der Waals surface area (Å²) in [6.45, 7) is 3.10. The van der Waals surface area contributed by atoms with E-state index in [0.29, 0.717) is 47.7 Å². The molecule has 46 heavy (non-hydrogen) atoms. The van der Waals surface area contributed by atoms with E-state index in [1.54, 1.807) is 15.6 Å². The van der Waals surface area contributed by atoms with Crippen molar-refractivity contribution in [2.75, 3.05) is 23.8 Å². The molecule has 0 amide bonds. The van der Waals surface area contributed by atoms with Crippen molar-refractivity contribution in [2.24, 2.45) is 5.73 Å². The van der Waals surface area contributed by atoms with Gasteiger partial charge in [-0.2, -0.15) is 9.97 Å². The van der Waals surface area contributed by atoms with Crippen LogP contribution >= 0.6 is 0 Å². The van der Waals surface area contributed by atoms with Gasteiger partial charge in [0.15, 0.2) is 29.0 Å². The van der Waals surface area contributed by atoms with Crippen molar-refractivity contribution >= 4 is 22.9 Å². The standard InChI is InChI=1S/C33H40N10O3/c1-2-42-19-36-29(41-42)31-38-26-28(35-17-24(20-9-5-3-6-10-20)21-11-7-4-8-12-21)39-33(37-23-15-13-22(34)14-16-23)40-30(26)43(31)32-27(45)25(44)18-46-32/h3-12,19,22-25,27,32,44-45H,2,13-18,34H2,1H3,(H2,35,37,39,40)/t22-,23-,25-,27+,32+/m0/s1. The summed E-state index contributed by atoms with van der Waals surface area (Å²) in [6.07, 6.45) is 2.10. The number of nitrogens with one attached hydrogen (secondary N) is 2. The Kier molecular flexibility index (Phi) is 8.63. The van der Waals surface area contributed by atoms with Crippen molar-refractivity contribution in [3.05, 3.63) is 78.1 Å². The first-order chi connectivity index (χ1) is 22.5. The van der Waals surface area contributed by atoms with Crippen LogP contribution in [0.1, 0.15) is 55.9 Å². The number of anilines is 2. The van der Waals surface area contributed by atoms with E-state index in [0.717, 1.165) is 25.7 Å². The molecule has 1 aliphatic heterocycles. The lowest BCUT2D eigenvalue weighted by Crippen LogP contribution is -2.33. The predicted molar refractivity (Wildman–Crippen MR) is 174 cm³/mol. The highest BCUT2D eigenvalue weighted by atomic mass is 16.5. The molecule has 2 aliphatic rings. The molecule has 1 aliphatic carbocycles. The van der Waals surface area contributed by atoms with Crippen LogP contribution in [0.2, 0.25) is 0 Å². The van der Waals surface area contributed by atoms with Crippen molar-refractivity contribution in [3.63, 3.8) is 0 Å². The molecule has 6 N–H and O–H groups in total. The van der Waals surface area contributed by atoms with Crippen LogP contribution in [0.25, 0.3) is 22.8 Å². The Morgan fingerprint density at radius 2 is 1.65 bits per heavy atom. The van der Waals surface area contributed by atoms with Gasteiger partial charge in [-0.05, 0) is 43.7 Å². The van der Waals surface area contributed by atoms with Crippen LogP contribution in [0.15, 0.2) is 67.0 Å². The number of aliphatic hydroxyl groups excluding tert-OH is 2. The summed E-state index contributed by atoms with van der Waals surface area (Å²) in [5, 5.41) is 33.2. The molecule has 1 saturated carbocycles. The molecule has 0 unspecified atom stereocenters. The van der Waals surface area contributed by atoms with E-state index in [1.807, 2.05) is 43.3 Å². The molecule has 5 aromatic rings. The Balaban J connectivity index is 1.34. The number of aliphatic hydroxyl groups is 2. The Hall–Kier alpha value is -4.43. The predicted octanol–water partition coefficient (Wildman–Crippen LogP) is 3.28. The second-order valence-electron chi connectivity index (χ2n) is 12.1. The highest BCUT2D eigenvalue weighted by Gasteiger charge is 2.40. The molecule has 0 spiro atoms. The maximum absolute atomic E-state index is 11.0. The third-order valence-corrected chi connectivity index (χ3v) is 8.96. The summed E-state index contributed by atoms with van der Waals surface area (Å²) in [7, 11) is 0. The second kappa shape index (κ2) is 13.1. The van der Waals surface area contributed by atoms with E-state index < -0.39 is 18.4 Å². The number of ether oxygens (including phenoxy) is 1. The van der Waals surface area contributed by atoms with Crippen LogP contribution in [0.4, 0.5) is 11.8 Å². The van der Waals surface area contributed by atoms with Crippen LogP contribution in [-0.2, 0) is 11.3 Å². The summed E-state index contributed by atoms with van der Waals surface area (Å²) in [5.74, 6) is 1.70. The number of aromatic nitrogens is 7. The van der Waals surface area contributed by atoms with E-state index in [-0.39, 0.29) is 24.6 Å². The first kappa shape index (κ1) is 30.2. The van der Waals surface area contributed by atoms with Gasteiger partial charge in [-0.15, -0.1) is 5.10 Å². The van der Waals surface area contributed by atoms with E-state index in [9.17, 15) is 10.2 Å². The zero-order valence-electron chi connectivity index (χ0n) is 25.8. The van der Waals surface area contributed by atoms with Gasteiger partial charge >= 0.3 is 0 Å². The molecule has 13 heteroatoms. The number of hydrogen-bond donors (Lipinski definition) is 5. The van der Waals surface area contributed by atoms with Gasteiger partial charge in [-0.3, -0.25) is 9.25 Å². The lowest BCUT2D eigenvalue weighted by atomic mass is 9.91. The summed E-state index contributed by atoms with van der Waals surface area (Å²) < 4.78 is 9.32. The molecule has 0 radical (unpaired) electrons. The maximum atomic E-state index is 11.0. The molecule has 3 atom stereocenters. The number of nitrogens with two attached hydrogens (primary N) is 1. The third kappa shape index (κ3) is 6.06. The molecule has 2 fully saturated rings. The van der Waals surface area contributed by atoms with Crippen LogP contribution in [0.5, 0.6) is 0 Å². The molecule has 13 nitrogen and oxygen atoms in total. The van der Waals surface area contributed by atoms with Gasteiger partial charge in [0, 0.05) is 31.1 Å². The largest absolute Gasteiger partial charge is 0.388 e. The molecule has 3 aromatic heterocycles. The lowest BCUT2D eigenvalue weighted by molar-refractivity contribution is -0.0153. The van der Waals surface area contributed by atoms with Gasteiger partial charge in [-0.1, -0.05) is 60.7 Å². The number of fused-ring (bicyclic) bond motifs is 1. The minimum Gasteiger partial charge on any atom is -0.388 e. The van der Waals surface area contributed by atoms with E-state index in [2.05, 4.69) is 45.0 Å². The SMILES string of the molecule is CCn1cnc(-c2nc3c(NCC(c4ccccc4)c4ccccc4)nc(N[C@H]4CC[C@H](N)CC4)nc3n2[C@@H]2OC[C@H](O)[C@H]2O)n1. The zero-order chi connectivity index (χ0) is 31.6. The Labute approximate surface area is 266 Å². The summed E-state index contributed by atoms with van der Waals surface area (Å²) in [5.41, 5.74) is 9.44. The second-order valence-corrected chi connectivity index (χ2v) is 12.1. The molecular formula is C33H40N10O3. The first-order valence-corrected chi connectivity index (χ1v) is 16.0. The minimum atomic E-state index is -1.20. The lowest BCUT2D eigenvalue weighted by Gasteiger charge is -2.27. The Bertz CT molecular complexity index is 1710. The number of benzene rings is 2. The third-order valence-electron chi connectivity index (χ3n) is 8.96. The van der Waals surface area contributed by atoms with Crippen LogP contribution < -0.4 is 16.4 Å². The highest BCUT2D eigenvalue weighted by Crippen LogP contribution is 2.36. The first-order valence-electron chi connectivity index (χ1n) is 16.0. The molecule has 4 heterocycles. The van der Waals surface area contributed by atoms with Gasteiger partial charge in [0.05, 0.1) is 6.61 Å². The smallest absolute Gasteiger partial charge is 0.227 e. The number of rotatable bonds is 10. The molecule has 1 saturated heterocycles. The minimum absolute atomic E-state index is 0.0266. The average Bonchev–Trinajstić information content (AvgIpc) is 3.80. The number of hydrogen-bond acceptors (Lipinski definition) is 11. The van der Waals surface area contributed by atoms with Gasteiger partial charge in [0.1, 0.15) is 18.5 Å². The van der Waals surface area contributed by atoms with Crippen molar-refractivity contribution < 1.29 is 14.9 Å². The van der Waals surface area contributed by atoms with Crippen LogP contribution in [0.3, 0.4) is 0 Å².